The molecule has 3 nitrogen and oxygen atoms in total. The van der Waals surface area contributed by atoms with E-state index in [9.17, 15) is 0 Å². The molecule has 1 aromatic rings. The van der Waals surface area contributed by atoms with Gasteiger partial charge in [0.25, 0.3) is 0 Å². The minimum atomic E-state index is -0.112. The van der Waals surface area contributed by atoms with Gasteiger partial charge in [0, 0.05) is 31.7 Å². The van der Waals surface area contributed by atoms with E-state index in [1.807, 2.05) is 12.1 Å². The third kappa shape index (κ3) is 2.99. The Morgan fingerprint density at radius 2 is 2.18 bits per heavy atom. The Morgan fingerprint density at radius 3 is 2.94 bits per heavy atom. The summed E-state index contributed by atoms with van der Waals surface area (Å²) in [6.45, 7) is 6.73. The Bertz CT molecular complexity index is 376. The molecule has 3 heteroatoms. The van der Waals surface area contributed by atoms with E-state index in [1.54, 1.807) is 7.11 Å². The average Bonchev–Trinajstić information content (AvgIpc) is 2.73. The molecule has 1 heterocycles. The number of methoxy groups -OCH3 is 1. The van der Waals surface area contributed by atoms with Gasteiger partial charge in [0.2, 0.25) is 0 Å². The van der Waals surface area contributed by atoms with E-state index in [0.717, 1.165) is 25.4 Å². The Labute approximate surface area is 103 Å². The molecule has 1 N–H and O–H groups in total. The van der Waals surface area contributed by atoms with Crippen LogP contribution in [0.3, 0.4) is 0 Å². The topological polar surface area (TPSA) is 30.5 Å². The van der Waals surface area contributed by atoms with Gasteiger partial charge in [-0.1, -0.05) is 18.2 Å². The highest BCUT2D eigenvalue weighted by Crippen LogP contribution is 2.32. The largest absolute Gasteiger partial charge is 0.493 e. The first-order valence-electron chi connectivity index (χ1n) is 6.10. The molecule has 0 aromatic heterocycles. The van der Waals surface area contributed by atoms with Gasteiger partial charge in [-0.25, -0.2) is 0 Å². The van der Waals surface area contributed by atoms with Crippen molar-refractivity contribution in [2.75, 3.05) is 26.8 Å². The Kier molecular flexibility index (Phi) is 3.69. The highest BCUT2D eigenvalue weighted by atomic mass is 16.5. The molecule has 2 rings (SSSR count). The molecule has 0 aliphatic carbocycles. The molecule has 0 spiro atoms. The maximum absolute atomic E-state index is 5.65. The molecule has 0 radical (unpaired) electrons. The highest BCUT2D eigenvalue weighted by molar-refractivity contribution is 5.39. The van der Waals surface area contributed by atoms with Gasteiger partial charge in [-0.3, -0.25) is 0 Å². The number of ether oxygens (including phenoxy) is 2. The number of para-hydroxylation sites is 1. The summed E-state index contributed by atoms with van der Waals surface area (Å²) < 4.78 is 11.0. The molecule has 17 heavy (non-hydrogen) atoms. The Morgan fingerprint density at radius 1 is 1.41 bits per heavy atom. The van der Waals surface area contributed by atoms with Crippen LogP contribution in [0.5, 0.6) is 5.75 Å². The van der Waals surface area contributed by atoms with Crippen molar-refractivity contribution in [3.63, 3.8) is 0 Å². The van der Waals surface area contributed by atoms with Crippen LogP contribution in [0.4, 0.5) is 0 Å². The van der Waals surface area contributed by atoms with Gasteiger partial charge in [-0.15, -0.1) is 0 Å². The summed E-state index contributed by atoms with van der Waals surface area (Å²) in [7, 11) is 1.75. The van der Waals surface area contributed by atoms with Gasteiger partial charge >= 0.3 is 0 Å². The molecule has 1 unspecified atom stereocenters. The number of hydrogen-bond acceptors (Lipinski definition) is 3. The number of rotatable bonds is 5. The fourth-order valence-electron chi connectivity index (χ4n) is 2.02. The van der Waals surface area contributed by atoms with E-state index in [0.29, 0.717) is 5.92 Å². The summed E-state index contributed by atoms with van der Waals surface area (Å²) in [6, 6.07) is 8.27. The predicted octanol–water partition coefficient (Wildman–Crippen LogP) is 2.18. The lowest BCUT2D eigenvalue weighted by Gasteiger charge is -2.24. The molecular weight excluding hydrogens is 214 g/mol. The molecule has 0 bridgehead atoms. The molecule has 1 atom stereocenters. The van der Waals surface area contributed by atoms with Crippen molar-refractivity contribution in [1.29, 1.82) is 0 Å². The van der Waals surface area contributed by atoms with Crippen molar-refractivity contribution in [3.8, 4) is 5.75 Å². The maximum Gasteiger partial charge on any atom is 0.122 e. The van der Waals surface area contributed by atoms with Crippen LogP contribution in [-0.4, -0.2) is 32.4 Å². The Hall–Kier alpha value is -1.06. The summed E-state index contributed by atoms with van der Waals surface area (Å²) in [5.74, 6) is 1.49. The van der Waals surface area contributed by atoms with Crippen LogP contribution < -0.4 is 10.1 Å². The first kappa shape index (κ1) is 12.4. The summed E-state index contributed by atoms with van der Waals surface area (Å²) in [5.41, 5.74) is 1.20. The van der Waals surface area contributed by atoms with E-state index in [-0.39, 0.29) is 5.60 Å². The van der Waals surface area contributed by atoms with E-state index in [4.69, 9.17) is 9.47 Å². The van der Waals surface area contributed by atoms with E-state index < -0.39 is 0 Å². The van der Waals surface area contributed by atoms with Crippen LogP contribution in [0.2, 0.25) is 0 Å². The van der Waals surface area contributed by atoms with Crippen molar-refractivity contribution in [3.05, 3.63) is 29.8 Å². The van der Waals surface area contributed by atoms with Crippen molar-refractivity contribution < 1.29 is 9.47 Å². The van der Waals surface area contributed by atoms with Gasteiger partial charge < -0.3 is 14.8 Å². The average molecular weight is 235 g/mol. The fraction of sp³-hybridized carbons (Fsp3) is 0.571. The van der Waals surface area contributed by atoms with Crippen molar-refractivity contribution in [2.45, 2.75) is 25.4 Å². The van der Waals surface area contributed by atoms with Crippen LogP contribution in [0, 0.1) is 0 Å². The first-order chi connectivity index (χ1) is 8.12. The predicted molar refractivity (Wildman–Crippen MR) is 68.6 cm³/mol. The van der Waals surface area contributed by atoms with Gasteiger partial charge in [0.1, 0.15) is 5.75 Å². The molecule has 1 aromatic carbocycles. The zero-order valence-electron chi connectivity index (χ0n) is 10.8. The number of benzene rings is 1. The number of fused-ring (bicyclic) bond motifs is 1. The third-order valence-electron chi connectivity index (χ3n) is 3.29. The van der Waals surface area contributed by atoms with E-state index in [2.05, 4.69) is 31.3 Å². The molecule has 94 valence electrons. The zero-order valence-corrected chi connectivity index (χ0v) is 10.8. The van der Waals surface area contributed by atoms with E-state index in [1.165, 1.54) is 5.56 Å². The first-order valence-corrected chi connectivity index (χ1v) is 6.10. The van der Waals surface area contributed by atoms with Crippen molar-refractivity contribution in [2.24, 2.45) is 0 Å². The normalized spacial score (nSPS) is 18.9. The molecule has 0 amide bonds. The standard InChI is InChI=1S/C14H21NO2/c1-14(2,16-3)10-15-8-11-9-17-13-7-5-4-6-12(11)13/h4-7,11,15H,8-10H2,1-3H3. The molecule has 1 aliphatic rings. The van der Waals surface area contributed by atoms with Crippen LogP contribution in [0.15, 0.2) is 24.3 Å². The number of nitrogens with one attached hydrogen (secondary N) is 1. The van der Waals surface area contributed by atoms with Crippen molar-refractivity contribution >= 4 is 0 Å². The maximum atomic E-state index is 5.65. The molecular formula is C14H21NO2. The van der Waals surface area contributed by atoms with Gasteiger partial charge in [0.15, 0.2) is 0 Å². The quantitative estimate of drug-likeness (QED) is 0.848. The SMILES string of the molecule is COC(C)(C)CNCC1COc2ccccc21. The lowest BCUT2D eigenvalue weighted by molar-refractivity contribution is 0.0231. The summed E-state index contributed by atoms with van der Waals surface area (Å²) in [4.78, 5) is 0. The van der Waals surface area contributed by atoms with E-state index >= 15 is 0 Å². The van der Waals surface area contributed by atoms with Gasteiger partial charge in [-0.05, 0) is 19.9 Å². The van der Waals surface area contributed by atoms with Crippen LogP contribution in [-0.2, 0) is 4.74 Å². The lowest BCUT2D eigenvalue weighted by Crippen LogP contribution is -2.38. The molecule has 0 saturated carbocycles. The van der Waals surface area contributed by atoms with Crippen molar-refractivity contribution in [1.82, 2.24) is 5.32 Å². The minimum absolute atomic E-state index is 0.112. The monoisotopic (exact) mass is 235 g/mol. The van der Waals surface area contributed by atoms with Crippen LogP contribution in [0.1, 0.15) is 25.3 Å². The fourth-order valence-corrected chi connectivity index (χ4v) is 2.02. The molecule has 0 saturated heterocycles. The minimum Gasteiger partial charge on any atom is -0.493 e. The van der Waals surface area contributed by atoms with Gasteiger partial charge in [-0.2, -0.15) is 0 Å². The molecule has 0 fully saturated rings. The number of hydrogen-bond donors (Lipinski definition) is 1. The smallest absolute Gasteiger partial charge is 0.122 e. The second kappa shape index (κ2) is 5.07. The second-order valence-electron chi connectivity index (χ2n) is 5.14. The third-order valence-corrected chi connectivity index (χ3v) is 3.29. The second-order valence-corrected chi connectivity index (χ2v) is 5.14. The Balaban J connectivity index is 1.86. The lowest BCUT2D eigenvalue weighted by atomic mass is 10.0. The summed E-state index contributed by atoms with van der Waals surface area (Å²) >= 11 is 0. The van der Waals surface area contributed by atoms with Crippen LogP contribution in [0.25, 0.3) is 0 Å². The molecule has 1 aliphatic heterocycles. The van der Waals surface area contributed by atoms with Crippen LogP contribution >= 0.6 is 0 Å². The summed E-state index contributed by atoms with van der Waals surface area (Å²) in [6.07, 6.45) is 0. The highest BCUT2D eigenvalue weighted by Gasteiger charge is 2.24. The van der Waals surface area contributed by atoms with Gasteiger partial charge in [0.05, 0.1) is 12.2 Å². The zero-order chi connectivity index (χ0) is 12.3. The summed E-state index contributed by atoms with van der Waals surface area (Å²) in [5, 5.41) is 3.45.